The molecule has 0 aromatic heterocycles. The van der Waals surface area contributed by atoms with Crippen LogP contribution in [0.5, 0.6) is 0 Å². The third-order valence-electron chi connectivity index (χ3n) is 5.26. The Labute approximate surface area is 152 Å². The normalized spacial score (nSPS) is 20.8. The lowest BCUT2D eigenvalue weighted by molar-refractivity contribution is 0.0535. The van der Waals surface area contributed by atoms with E-state index in [0.717, 1.165) is 31.4 Å². The number of carbonyl (C=O) groups excluding carboxylic acids is 1. The molecule has 0 unspecified atom stereocenters. The number of allylic oxidation sites excluding steroid dienone is 2. The third kappa shape index (κ3) is 3.57. The van der Waals surface area contributed by atoms with Gasteiger partial charge in [0.2, 0.25) is 0 Å². The highest BCUT2D eigenvalue weighted by molar-refractivity contribution is 5.94. The molecule has 1 aromatic rings. The third-order valence-corrected chi connectivity index (χ3v) is 5.26. The fourth-order valence-electron chi connectivity index (χ4n) is 3.83. The Morgan fingerprint density at radius 1 is 1.04 bits per heavy atom. The van der Waals surface area contributed by atoms with E-state index in [4.69, 9.17) is 0 Å². The maximum atomic E-state index is 13.6. The summed E-state index contributed by atoms with van der Waals surface area (Å²) in [4.78, 5) is 14.8. The number of nitrogens with zero attached hydrogens (tertiary/aromatic N) is 1. The molecule has 0 radical (unpaired) electrons. The minimum Gasteiger partial charge on any atom is -0.334 e. The van der Waals surface area contributed by atoms with Gasteiger partial charge in [0.15, 0.2) is 17.5 Å². The molecule has 1 fully saturated rings. The summed E-state index contributed by atoms with van der Waals surface area (Å²) < 4.78 is 40.5. The highest BCUT2D eigenvalue weighted by Crippen LogP contribution is 2.38. The molecule has 0 saturated carbocycles. The Morgan fingerprint density at radius 3 is 2.19 bits per heavy atom. The summed E-state index contributed by atoms with van der Waals surface area (Å²) in [5, 5.41) is 0. The van der Waals surface area contributed by atoms with Gasteiger partial charge in [-0.3, -0.25) is 4.79 Å². The second kappa shape index (κ2) is 6.93. The van der Waals surface area contributed by atoms with Crippen molar-refractivity contribution in [3.8, 4) is 0 Å². The first-order valence-corrected chi connectivity index (χ1v) is 9.02. The Hall–Kier alpha value is -2.04. The lowest BCUT2D eigenvalue weighted by atomic mass is 9.80. The van der Waals surface area contributed by atoms with Crippen molar-refractivity contribution in [3.63, 3.8) is 0 Å². The van der Waals surface area contributed by atoms with E-state index < -0.39 is 23.4 Å². The first-order chi connectivity index (χ1) is 12.2. The molecule has 1 heterocycles. The fourth-order valence-corrected chi connectivity index (χ4v) is 3.83. The van der Waals surface area contributed by atoms with Crippen LogP contribution in [-0.4, -0.2) is 23.4 Å². The number of benzene rings is 1. The molecule has 0 N–H and O–H groups in total. The monoisotopic (exact) mass is 363 g/mol. The van der Waals surface area contributed by atoms with Crippen molar-refractivity contribution in [1.82, 2.24) is 4.90 Å². The predicted octanol–water partition coefficient (Wildman–Crippen LogP) is 5.40. The Balaban J connectivity index is 1.99. The maximum absolute atomic E-state index is 13.6. The van der Waals surface area contributed by atoms with E-state index in [1.165, 1.54) is 11.1 Å². The molecule has 1 aromatic carbocycles. The van der Waals surface area contributed by atoms with Gasteiger partial charge in [0.05, 0.1) is 0 Å². The van der Waals surface area contributed by atoms with Crippen molar-refractivity contribution >= 4 is 5.91 Å². The summed E-state index contributed by atoms with van der Waals surface area (Å²) in [7, 11) is 0. The zero-order valence-electron chi connectivity index (χ0n) is 15.4. The highest BCUT2D eigenvalue weighted by atomic mass is 19.2. The van der Waals surface area contributed by atoms with Gasteiger partial charge in [-0.25, -0.2) is 13.2 Å². The first-order valence-electron chi connectivity index (χ1n) is 9.02. The van der Waals surface area contributed by atoms with Crippen LogP contribution >= 0.6 is 0 Å². The molecule has 1 aliphatic heterocycles. The van der Waals surface area contributed by atoms with Crippen LogP contribution in [0.3, 0.4) is 0 Å². The molecule has 140 valence electrons. The molecular weight excluding hydrogens is 339 g/mol. The zero-order chi connectivity index (χ0) is 19.1. The molecule has 0 bridgehead atoms. The number of amides is 1. The zero-order valence-corrected chi connectivity index (χ0v) is 15.4. The van der Waals surface area contributed by atoms with Crippen LogP contribution in [0.15, 0.2) is 35.4 Å². The van der Waals surface area contributed by atoms with Crippen molar-refractivity contribution in [2.24, 2.45) is 5.41 Å². The largest absolute Gasteiger partial charge is 0.334 e. The van der Waals surface area contributed by atoms with Crippen molar-refractivity contribution in [2.75, 3.05) is 6.54 Å². The molecule has 1 saturated heterocycles. The molecule has 5 heteroatoms. The van der Waals surface area contributed by atoms with E-state index in [-0.39, 0.29) is 17.0 Å². The number of hydrogen-bond donors (Lipinski definition) is 0. The van der Waals surface area contributed by atoms with E-state index in [1.54, 1.807) is 4.90 Å². The van der Waals surface area contributed by atoms with Gasteiger partial charge in [0.1, 0.15) is 0 Å². The molecule has 1 atom stereocenters. The van der Waals surface area contributed by atoms with Gasteiger partial charge in [-0.05, 0) is 54.4 Å². The van der Waals surface area contributed by atoms with E-state index in [9.17, 15) is 18.0 Å². The van der Waals surface area contributed by atoms with Gasteiger partial charge in [-0.15, -0.1) is 0 Å². The number of rotatable bonds is 1. The lowest BCUT2D eigenvalue weighted by Gasteiger charge is -2.39. The van der Waals surface area contributed by atoms with Crippen molar-refractivity contribution < 1.29 is 18.0 Å². The smallest absolute Gasteiger partial charge is 0.254 e. The van der Waals surface area contributed by atoms with Crippen LogP contribution in [0.25, 0.3) is 0 Å². The van der Waals surface area contributed by atoms with Gasteiger partial charge in [0, 0.05) is 18.2 Å². The fraction of sp³-hybridized carbons (Fsp3) is 0.476. The summed E-state index contributed by atoms with van der Waals surface area (Å²) in [6.07, 6.45) is 7.89. The van der Waals surface area contributed by atoms with E-state index in [1.807, 2.05) is 0 Å². The van der Waals surface area contributed by atoms with Gasteiger partial charge < -0.3 is 4.90 Å². The summed E-state index contributed by atoms with van der Waals surface area (Å²) in [6, 6.07) is 1.47. The standard InChI is InChI=1S/C21H24F3NO/c1-21(2,3)18-12-14-7-5-4-6-13(14)8-9-25(18)20(26)15-10-16(22)19(24)17(23)11-15/h6-7,10-11,18H,4-5,8-9,12H2,1-3H3/t18-/m1/s1. The number of fused-ring (bicyclic) bond motifs is 1. The SMILES string of the molecule is CC(C)(C)[C@H]1CC2=CCCC=C2CCN1C(=O)c1cc(F)c(F)c(F)c1. The van der Waals surface area contributed by atoms with Crippen molar-refractivity contribution in [1.29, 1.82) is 0 Å². The molecule has 2 nitrogen and oxygen atoms in total. The van der Waals surface area contributed by atoms with Gasteiger partial charge in [-0.1, -0.05) is 32.9 Å². The molecule has 1 aliphatic carbocycles. The van der Waals surface area contributed by atoms with Crippen molar-refractivity contribution in [2.45, 2.75) is 52.5 Å². The average Bonchev–Trinajstić information content (AvgIpc) is 2.78. The summed E-state index contributed by atoms with van der Waals surface area (Å²) in [5.74, 6) is -4.68. The van der Waals surface area contributed by atoms with E-state index in [2.05, 4.69) is 32.9 Å². The molecular formula is C21H24F3NO. The molecule has 26 heavy (non-hydrogen) atoms. The predicted molar refractivity (Wildman–Crippen MR) is 95.2 cm³/mol. The second-order valence-electron chi connectivity index (χ2n) is 8.12. The number of likely N-dealkylation sites (tertiary alicyclic amines) is 1. The number of halogens is 3. The quantitative estimate of drug-likeness (QED) is 0.612. The molecule has 0 spiro atoms. The summed E-state index contributed by atoms with van der Waals surface area (Å²) >= 11 is 0. The number of hydrogen-bond acceptors (Lipinski definition) is 1. The molecule has 3 rings (SSSR count). The van der Waals surface area contributed by atoms with Crippen LogP contribution in [0, 0.1) is 22.9 Å². The highest BCUT2D eigenvalue weighted by Gasteiger charge is 2.37. The van der Waals surface area contributed by atoms with Crippen LogP contribution in [0.1, 0.15) is 56.8 Å². The Kier molecular flexibility index (Phi) is 5.00. The minimum atomic E-state index is -1.55. The first kappa shape index (κ1) is 18.7. The summed E-state index contributed by atoms with van der Waals surface area (Å²) in [5.41, 5.74) is 2.17. The van der Waals surface area contributed by atoms with Gasteiger partial charge in [0.25, 0.3) is 5.91 Å². The average molecular weight is 363 g/mol. The Bertz CT molecular complexity index is 766. The molecule has 1 amide bonds. The van der Waals surface area contributed by atoms with Crippen LogP contribution in [0.2, 0.25) is 0 Å². The maximum Gasteiger partial charge on any atom is 0.254 e. The van der Waals surface area contributed by atoms with E-state index in [0.29, 0.717) is 13.0 Å². The van der Waals surface area contributed by atoms with Gasteiger partial charge in [-0.2, -0.15) is 0 Å². The minimum absolute atomic E-state index is 0.110. The van der Waals surface area contributed by atoms with E-state index >= 15 is 0 Å². The van der Waals surface area contributed by atoms with Gasteiger partial charge >= 0.3 is 0 Å². The topological polar surface area (TPSA) is 20.3 Å². The second-order valence-corrected chi connectivity index (χ2v) is 8.12. The van der Waals surface area contributed by atoms with Crippen LogP contribution in [-0.2, 0) is 0 Å². The van der Waals surface area contributed by atoms with Crippen LogP contribution < -0.4 is 0 Å². The van der Waals surface area contributed by atoms with Crippen LogP contribution in [0.4, 0.5) is 13.2 Å². The summed E-state index contributed by atoms with van der Waals surface area (Å²) in [6.45, 7) is 6.65. The van der Waals surface area contributed by atoms with Crippen molar-refractivity contribution in [3.05, 3.63) is 58.4 Å². The molecule has 2 aliphatic rings. The number of carbonyl (C=O) groups is 1. The lowest BCUT2D eigenvalue weighted by Crippen LogP contribution is -2.47. The Morgan fingerprint density at radius 2 is 1.62 bits per heavy atom.